The van der Waals surface area contributed by atoms with Gasteiger partial charge in [0.1, 0.15) is 11.6 Å². The molecule has 7 nitrogen and oxygen atoms in total. The Balaban J connectivity index is 1.47. The number of nitrogens with one attached hydrogen (secondary N) is 1. The van der Waals surface area contributed by atoms with Crippen LogP contribution >= 0.6 is 11.3 Å². The molecular weight excluding hydrogens is 378 g/mol. The maximum Gasteiger partial charge on any atom is 0.274 e. The fraction of sp³-hybridized carbons (Fsp3) is 0.650. The highest BCUT2D eigenvalue weighted by Gasteiger charge is 2.24. The summed E-state index contributed by atoms with van der Waals surface area (Å²) in [7, 11) is 0. The Morgan fingerprint density at radius 1 is 1.25 bits per heavy atom. The molecule has 2 heterocycles. The van der Waals surface area contributed by atoms with Crippen molar-refractivity contribution in [3.05, 3.63) is 12.3 Å². The number of carbonyl (C=O) groups is 1. The number of nitrogens with zero attached hydrogens (tertiary/aromatic N) is 2. The molecule has 1 N–H and O–H groups in total. The smallest absolute Gasteiger partial charge is 0.274 e. The van der Waals surface area contributed by atoms with E-state index in [0.29, 0.717) is 17.7 Å². The van der Waals surface area contributed by atoms with Crippen LogP contribution in [0.3, 0.4) is 0 Å². The molecule has 0 unspecified atom stereocenters. The molecule has 1 amide bonds. The van der Waals surface area contributed by atoms with E-state index < -0.39 is 0 Å². The molecule has 2 aromatic heterocycles. The lowest BCUT2D eigenvalue weighted by Gasteiger charge is -2.29. The van der Waals surface area contributed by atoms with Gasteiger partial charge in [-0.25, -0.2) is 9.97 Å². The number of hydrogen-bond donors (Lipinski definition) is 1. The van der Waals surface area contributed by atoms with Crippen LogP contribution in [-0.4, -0.2) is 46.8 Å². The summed E-state index contributed by atoms with van der Waals surface area (Å²) in [5, 5.41) is 3.50. The molecule has 0 aliphatic heterocycles. The monoisotopic (exact) mass is 407 g/mol. The van der Waals surface area contributed by atoms with Crippen LogP contribution in [-0.2, 0) is 9.53 Å². The van der Waals surface area contributed by atoms with Crippen LogP contribution in [0.25, 0.3) is 10.2 Å². The number of aromatic nitrogens is 2. The minimum atomic E-state index is -0.0264. The van der Waals surface area contributed by atoms with Gasteiger partial charge in [-0.1, -0.05) is 11.3 Å². The first-order chi connectivity index (χ1) is 13.4. The summed E-state index contributed by atoms with van der Waals surface area (Å²) in [5.41, 5.74) is 0.832. The zero-order valence-corrected chi connectivity index (χ0v) is 17.8. The van der Waals surface area contributed by atoms with Gasteiger partial charge < -0.3 is 19.5 Å². The Labute approximate surface area is 169 Å². The van der Waals surface area contributed by atoms with E-state index in [4.69, 9.17) is 14.2 Å². The van der Waals surface area contributed by atoms with Crippen molar-refractivity contribution in [2.75, 3.05) is 6.61 Å². The van der Waals surface area contributed by atoms with Crippen LogP contribution in [0.2, 0.25) is 0 Å². The average molecular weight is 408 g/mol. The first-order valence-electron chi connectivity index (χ1n) is 9.87. The van der Waals surface area contributed by atoms with Gasteiger partial charge in [0, 0.05) is 19.0 Å². The standard InChI is InChI=1S/C20H29N3O4S/c1-12(2)26-20-23-17-10-21-19(9-18(17)28-20)27-16-7-5-15(6-8-16)25-11-13(3)22-14(4)24/h9-10,12-13,15-16H,5-8,11H2,1-4H3,(H,22,24)/t13-,15?,16?/m0/s1. The normalized spacial score (nSPS) is 20.9. The van der Waals surface area contributed by atoms with Crippen molar-refractivity contribution in [1.82, 2.24) is 15.3 Å². The van der Waals surface area contributed by atoms with Gasteiger partial charge in [-0.15, -0.1) is 0 Å². The van der Waals surface area contributed by atoms with Crippen molar-refractivity contribution in [1.29, 1.82) is 0 Å². The summed E-state index contributed by atoms with van der Waals surface area (Å²) in [6.45, 7) is 7.99. The molecule has 0 aromatic carbocycles. The second-order valence-corrected chi connectivity index (χ2v) is 8.58. The number of carbonyl (C=O) groups excluding carboxylic acids is 1. The first-order valence-corrected chi connectivity index (χ1v) is 10.7. The van der Waals surface area contributed by atoms with Gasteiger partial charge >= 0.3 is 0 Å². The lowest BCUT2D eigenvalue weighted by Crippen LogP contribution is -2.36. The van der Waals surface area contributed by atoms with E-state index in [1.54, 1.807) is 6.20 Å². The number of hydrogen-bond acceptors (Lipinski definition) is 7. The van der Waals surface area contributed by atoms with Gasteiger partial charge in [0.15, 0.2) is 0 Å². The molecule has 0 saturated heterocycles. The first kappa shape index (κ1) is 20.8. The van der Waals surface area contributed by atoms with E-state index in [2.05, 4.69) is 15.3 Å². The van der Waals surface area contributed by atoms with Crippen LogP contribution in [0.5, 0.6) is 11.1 Å². The highest BCUT2D eigenvalue weighted by atomic mass is 32.1. The Hall–Kier alpha value is -1.93. The number of fused-ring (bicyclic) bond motifs is 1. The third kappa shape index (κ3) is 6.04. The van der Waals surface area contributed by atoms with E-state index in [-0.39, 0.29) is 30.3 Å². The fourth-order valence-electron chi connectivity index (χ4n) is 3.27. The van der Waals surface area contributed by atoms with Crippen LogP contribution in [0.1, 0.15) is 53.4 Å². The van der Waals surface area contributed by atoms with Crippen molar-refractivity contribution in [3.8, 4) is 11.1 Å². The summed E-state index contributed by atoms with van der Waals surface area (Å²) in [4.78, 5) is 19.9. The highest BCUT2D eigenvalue weighted by Crippen LogP contribution is 2.31. The highest BCUT2D eigenvalue weighted by molar-refractivity contribution is 7.20. The Morgan fingerprint density at radius 3 is 2.64 bits per heavy atom. The molecule has 1 aliphatic rings. The second-order valence-electron chi connectivity index (χ2n) is 7.59. The fourth-order valence-corrected chi connectivity index (χ4v) is 4.20. The molecule has 1 saturated carbocycles. The molecule has 3 rings (SSSR count). The molecule has 0 spiro atoms. The topological polar surface area (TPSA) is 82.6 Å². The number of ether oxygens (including phenoxy) is 3. The van der Waals surface area contributed by atoms with Gasteiger partial charge in [0.2, 0.25) is 11.8 Å². The van der Waals surface area contributed by atoms with Gasteiger partial charge in [0.25, 0.3) is 5.19 Å². The van der Waals surface area contributed by atoms with Crippen molar-refractivity contribution in [2.45, 2.75) is 77.7 Å². The lowest BCUT2D eigenvalue weighted by atomic mass is 9.95. The molecule has 1 fully saturated rings. The van der Waals surface area contributed by atoms with E-state index >= 15 is 0 Å². The predicted octanol–water partition coefficient (Wildman–Crippen LogP) is 3.71. The molecule has 2 aromatic rings. The van der Waals surface area contributed by atoms with E-state index in [0.717, 1.165) is 35.9 Å². The molecule has 0 radical (unpaired) electrons. The van der Waals surface area contributed by atoms with Crippen LogP contribution in [0, 0.1) is 0 Å². The number of amides is 1. The SMILES string of the molecule is CC(=O)N[C@@H](C)COC1CCC(Oc2cc3sc(OC(C)C)nc3cn2)CC1. The lowest BCUT2D eigenvalue weighted by molar-refractivity contribution is -0.120. The Morgan fingerprint density at radius 2 is 1.96 bits per heavy atom. The van der Waals surface area contributed by atoms with Crippen molar-refractivity contribution < 1.29 is 19.0 Å². The summed E-state index contributed by atoms with van der Waals surface area (Å²) < 4.78 is 18.7. The zero-order chi connectivity index (χ0) is 20.1. The molecule has 28 heavy (non-hydrogen) atoms. The van der Waals surface area contributed by atoms with Crippen LogP contribution in [0.4, 0.5) is 0 Å². The minimum Gasteiger partial charge on any atom is -0.474 e. The summed E-state index contributed by atoms with van der Waals surface area (Å²) in [6.07, 6.45) is 5.99. The molecule has 8 heteroatoms. The number of pyridine rings is 1. The summed E-state index contributed by atoms with van der Waals surface area (Å²) >= 11 is 1.51. The number of rotatable bonds is 8. The molecule has 1 aliphatic carbocycles. The largest absolute Gasteiger partial charge is 0.474 e. The Bertz CT molecular complexity index is 787. The maximum atomic E-state index is 11.1. The van der Waals surface area contributed by atoms with Crippen molar-refractivity contribution in [3.63, 3.8) is 0 Å². The van der Waals surface area contributed by atoms with Gasteiger partial charge in [-0.05, 0) is 46.5 Å². The zero-order valence-electron chi connectivity index (χ0n) is 16.9. The minimum absolute atomic E-state index is 0.0264. The molecule has 154 valence electrons. The quantitative estimate of drug-likeness (QED) is 0.718. The average Bonchev–Trinajstić information content (AvgIpc) is 3.01. The van der Waals surface area contributed by atoms with E-state index in [1.807, 2.05) is 26.8 Å². The van der Waals surface area contributed by atoms with Gasteiger partial charge in [0.05, 0.1) is 29.7 Å². The number of thiazole rings is 1. The third-order valence-electron chi connectivity index (χ3n) is 4.51. The maximum absolute atomic E-state index is 11.1. The van der Waals surface area contributed by atoms with E-state index in [9.17, 15) is 4.79 Å². The van der Waals surface area contributed by atoms with Gasteiger partial charge in [-0.2, -0.15) is 0 Å². The van der Waals surface area contributed by atoms with Crippen molar-refractivity contribution in [2.24, 2.45) is 0 Å². The summed E-state index contributed by atoms with van der Waals surface area (Å²) in [5.74, 6) is 0.609. The van der Waals surface area contributed by atoms with Crippen molar-refractivity contribution >= 4 is 27.5 Å². The van der Waals surface area contributed by atoms with Gasteiger partial charge in [-0.3, -0.25) is 4.79 Å². The van der Waals surface area contributed by atoms with Crippen LogP contribution in [0.15, 0.2) is 12.3 Å². The molecular formula is C20H29N3O4S. The molecule has 0 bridgehead atoms. The molecule has 1 atom stereocenters. The summed E-state index contributed by atoms with van der Waals surface area (Å²) in [6, 6.07) is 1.98. The van der Waals surface area contributed by atoms with E-state index in [1.165, 1.54) is 18.3 Å². The second kappa shape index (κ2) is 9.52. The third-order valence-corrected chi connectivity index (χ3v) is 5.42. The van der Waals surface area contributed by atoms with Crippen LogP contribution < -0.4 is 14.8 Å². The Kier molecular flexibility index (Phi) is 7.07. The predicted molar refractivity (Wildman–Crippen MR) is 109 cm³/mol.